The van der Waals surface area contributed by atoms with Crippen molar-refractivity contribution < 1.29 is 4.79 Å². The molecule has 0 unspecified atom stereocenters. The summed E-state index contributed by atoms with van der Waals surface area (Å²) in [5.74, 6) is 6.85. The van der Waals surface area contributed by atoms with Crippen LogP contribution in [0.1, 0.15) is 36.6 Å². The summed E-state index contributed by atoms with van der Waals surface area (Å²) in [6, 6.07) is 16.1. The van der Waals surface area contributed by atoms with Crippen molar-refractivity contribution in [2.45, 2.75) is 38.4 Å². The van der Waals surface area contributed by atoms with Gasteiger partial charge in [-0.05, 0) is 31.4 Å². The smallest absolute Gasteiger partial charge is 0.230 e. The minimum Gasteiger partial charge on any atom is -0.349 e. The molecule has 2 aromatic carbocycles. The Balaban J connectivity index is 1.57. The van der Waals surface area contributed by atoms with Crippen LogP contribution in [0.25, 0.3) is 11.4 Å². The van der Waals surface area contributed by atoms with Crippen LogP contribution in [0.4, 0.5) is 0 Å². The van der Waals surface area contributed by atoms with Gasteiger partial charge in [0.15, 0.2) is 5.82 Å². The second kappa shape index (κ2) is 8.93. The van der Waals surface area contributed by atoms with Crippen molar-refractivity contribution in [3.8, 4) is 11.4 Å². The Bertz CT molecular complexity index is 934. The van der Waals surface area contributed by atoms with Crippen molar-refractivity contribution in [3.05, 3.63) is 65.2 Å². The van der Waals surface area contributed by atoms with Crippen LogP contribution in [0.2, 0.25) is 0 Å². The van der Waals surface area contributed by atoms with Gasteiger partial charge in [-0.1, -0.05) is 72.8 Å². The molecular formula is C21H25N5OS. The third-order valence-electron chi connectivity index (χ3n) is 4.57. The van der Waals surface area contributed by atoms with E-state index in [-0.39, 0.29) is 17.7 Å². The Morgan fingerprint density at radius 1 is 1.14 bits per heavy atom. The van der Waals surface area contributed by atoms with Crippen LogP contribution in [0.5, 0.6) is 0 Å². The molecule has 0 radical (unpaired) electrons. The largest absolute Gasteiger partial charge is 0.349 e. The van der Waals surface area contributed by atoms with Crippen molar-refractivity contribution in [2.24, 2.45) is 0 Å². The van der Waals surface area contributed by atoms with Crippen molar-refractivity contribution in [1.82, 2.24) is 20.2 Å². The van der Waals surface area contributed by atoms with Gasteiger partial charge in [-0.15, -0.1) is 10.2 Å². The number of benzene rings is 2. The van der Waals surface area contributed by atoms with Gasteiger partial charge < -0.3 is 11.2 Å². The second-order valence-corrected chi connectivity index (χ2v) is 7.66. The van der Waals surface area contributed by atoms with Crippen LogP contribution in [0, 0.1) is 6.92 Å². The van der Waals surface area contributed by atoms with Crippen LogP contribution in [-0.2, 0) is 11.2 Å². The number of hydrogen-bond donors (Lipinski definition) is 2. The van der Waals surface area contributed by atoms with Gasteiger partial charge in [0, 0.05) is 5.56 Å². The van der Waals surface area contributed by atoms with Gasteiger partial charge in [0.25, 0.3) is 0 Å². The van der Waals surface area contributed by atoms with Crippen LogP contribution >= 0.6 is 11.8 Å². The lowest BCUT2D eigenvalue weighted by Crippen LogP contribution is -2.28. The van der Waals surface area contributed by atoms with Gasteiger partial charge in [0.05, 0.1) is 11.8 Å². The van der Waals surface area contributed by atoms with E-state index in [4.69, 9.17) is 5.84 Å². The van der Waals surface area contributed by atoms with Crippen molar-refractivity contribution in [1.29, 1.82) is 0 Å². The average Bonchev–Trinajstić information content (AvgIpc) is 3.07. The number of nitrogens with one attached hydrogen (secondary N) is 1. The molecule has 3 aromatic rings. The van der Waals surface area contributed by atoms with Gasteiger partial charge in [-0.25, -0.2) is 4.68 Å². The van der Waals surface area contributed by atoms with E-state index in [1.165, 1.54) is 22.0 Å². The summed E-state index contributed by atoms with van der Waals surface area (Å²) in [6.45, 7) is 6.12. The molecule has 1 amide bonds. The van der Waals surface area contributed by atoms with Gasteiger partial charge in [-0.3, -0.25) is 4.79 Å². The molecule has 0 bridgehead atoms. The number of aryl methyl sites for hydroxylation is 2. The average molecular weight is 396 g/mol. The van der Waals surface area contributed by atoms with E-state index >= 15 is 0 Å². The molecule has 3 N–H and O–H groups in total. The molecule has 6 nitrogen and oxygen atoms in total. The number of nitrogens with zero attached hydrogens (tertiary/aromatic N) is 3. The highest BCUT2D eigenvalue weighted by Crippen LogP contribution is 2.22. The van der Waals surface area contributed by atoms with Gasteiger partial charge in [-0.2, -0.15) is 0 Å². The first-order valence-electron chi connectivity index (χ1n) is 9.26. The Labute approximate surface area is 169 Å². The zero-order valence-electron chi connectivity index (χ0n) is 16.3. The number of carbonyl (C=O) groups excluding carboxylic acids is 1. The fraction of sp³-hybridized carbons (Fsp3) is 0.286. The van der Waals surface area contributed by atoms with E-state index in [1.807, 2.05) is 38.1 Å². The Morgan fingerprint density at radius 3 is 2.46 bits per heavy atom. The number of rotatable bonds is 7. The SMILES string of the molecule is CCc1ccc([C@H](C)NC(=O)CSc2nnc(-c3ccc(C)cc3)n2N)cc1. The molecule has 7 heteroatoms. The number of thioether (sulfide) groups is 1. The standard InChI is InChI=1S/C21H25N5OS/c1-4-16-7-11-17(12-8-16)15(3)23-19(27)13-28-21-25-24-20(26(21)22)18-9-5-14(2)6-10-18/h5-12,15H,4,13,22H2,1-3H3,(H,23,27)/t15-/m0/s1. The number of nitrogen functional groups attached to an aromatic ring is 1. The van der Waals surface area contributed by atoms with Crippen LogP contribution < -0.4 is 11.2 Å². The van der Waals surface area contributed by atoms with Crippen molar-refractivity contribution in [2.75, 3.05) is 11.6 Å². The normalized spacial score (nSPS) is 12.0. The molecule has 0 aliphatic heterocycles. The third kappa shape index (κ3) is 4.72. The Kier molecular flexibility index (Phi) is 6.36. The maximum Gasteiger partial charge on any atom is 0.230 e. The highest BCUT2D eigenvalue weighted by atomic mass is 32.2. The number of nitrogens with two attached hydrogens (primary N) is 1. The molecule has 0 aliphatic rings. The number of carbonyl (C=O) groups is 1. The maximum atomic E-state index is 12.3. The number of aromatic nitrogens is 3. The van der Waals surface area contributed by atoms with Gasteiger partial charge in [0.2, 0.25) is 11.1 Å². The first kappa shape index (κ1) is 19.9. The van der Waals surface area contributed by atoms with E-state index in [0.717, 1.165) is 23.1 Å². The predicted molar refractivity (Wildman–Crippen MR) is 113 cm³/mol. The summed E-state index contributed by atoms with van der Waals surface area (Å²) in [4.78, 5) is 12.3. The summed E-state index contributed by atoms with van der Waals surface area (Å²) in [5.41, 5.74) is 4.42. The molecular weight excluding hydrogens is 370 g/mol. The van der Waals surface area contributed by atoms with Crippen molar-refractivity contribution >= 4 is 17.7 Å². The Morgan fingerprint density at radius 2 is 1.82 bits per heavy atom. The topological polar surface area (TPSA) is 85.8 Å². The fourth-order valence-corrected chi connectivity index (χ4v) is 3.48. The summed E-state index contributed by atoms with van der Waals surface area (Å²) < 4.78 is 1.43. The molecule has 0 saturated heterocycles. The lowest BCUT2D eigenvalue weighted by molar-refractivity contribution is -0.119. The van der Waals surface area contributed by atoms with E-state index < -0.39 is 0 Å². The first-order valence-corrected chi connectivity index (χ1v) is 10.2. The first-order chi connectivity index (χ1) is 13.5. The summed E-state index contributed by atoms with van der Waals surface area (Å²) in [7, 11) is 0. The van der Waals surface area contributed by atoms with Gasteiger partial charge >= 0.3 is 0 Å². The molecule has 1 atom stereocenters. The molecule has 0 saturated carbocycles. The number of hydrogen-bond acceptors (Lipinski definition) is 5. The highest BCUT2D eigenvalue weighted by molar-refractivity contribution is 7.99. The highest BCUT2D eigenvalue weighted by Gasteiger charge is 2.15. The van der Waals surface area contributed by atoms with E-state index in [9.17, 15) is 4.79 Å². The second-order valence-electron chi connectivity index (χ2n) is 6.72. The van der Waals surface area contributed by atoms with Crippen LogP contribution in [0.15, 0.2) is 53.7 Å². The van der Waals surface area contributed by atoms with Crippen LogP contribution in [-0.4, -0.2) is 26.5 Å². The lowest BCUT2D eigenvalue weighted by Gasteiger charge is -2.14. The molecule has 0 fully saturated rings. The summed E-state index contributed by atoms with van der Waals surface area (Å²) in [6.07, 6.45) is 1.00. The molecule has 1 aromatic heterocycles. The zero-order valence-corrected chi connectivity index (χ0v) is 17.2. The molecule has 3 rings (SSSR count). The van der Waals surface area contributed by atoms with Crippen molar-refractivity contribution in [3.63, 3.8) is 0 Å². The van der Waals surface area contributed by atoms with Gasteiger partial charge in [0.1, 0.15) is 0 Å². The van der Waals surface area contributed by atoms with E-state index in [1.54, 1.807) is 0 Å². The van der Waals surface area contributed by atoms with Crippen LogP contribution in [0.3, 0.4) is 0 Å². The lowest BCUT2D eigenvalue weighted by atomic mass is 10.1. The molecule has 0 spiro atoms. The molecule has 28 heavy (non-hydrogen) atoms. The Hall–Kier alpha value is -2.80. The fourth-order valence-electron chi connectivity index (χ4n) is 2.81. The molecule has 0 aliphatic carbocycles. The molecule has 1 heterocycles. The monoisotopic (exact) mass is 395 g/mol. The quantitative estimate of drug-likeness (QED) is 0.472. The maximum absolute atomic E-state index is 12.3. The summed E-state index contributed by atoms with van der Waals surface area (Å²) in [5, 5.41) is 11.8. The minimum atomic E-state index is -0.0723. The summed E-state index contributed by atoms with van der Waals surface area (Å²) >= 11 is 1.27. The molecule has 146 valence electrons. The van der Waals surface area contributed by atoms with E-state index in [2.05, 4.69) is 46.7 Å². The third-order valence-corrected chi connectivity index (χ3v) is 5.52. The zero-order chi connectivity index (χ0) is 20.1. The number of amides is 1. The van der Waals surface area contributed by atoms with E-state index in [0.29, 0.717) is 11.0 Å². The minimum absolute atomic E-state index is 0.0575. The predicted octanol–water partition coefficient (Wildman–Crippen LogP) is 3.50.